The van der Waals surface area contributed by atoms with Crippen LogP contribution >= 0.6 is 0 Å². The lowest BCUT2D eigenvalue weighted by atomic mass is 9.78. The number of carbonyl (C=O) groups is 2. The summed E-state index contributed by atoms with van der Waals surface area (Å²) in [6.07, 6.45) is 2.13. The van der Waals surface area contributed by atoms with Crippen LogP contribution in [0.5, 0.6) is 5.75 Å². The number of rotatable bonds is 9. The van der Waals surface area contributed by atoms with Gasteiger partial charge in [-0.25, -0.2) is 0 Å². The molecule has 32 heavy (non-hydrogen) atoms. The van der Waals surface area contributed by atoms with E-state index < -0.39 is 16.4 Å². The highest BCUT2D eigenvalue weighted by Gasteiger charge is 2.40. The first kappa shape index (κ1) is 23.4. The largest absolute Gasteiger partial charge is 0.487 e. The maximum absolute atomic E-state index is 13.1. The predicted molar refractivity (Wildman–Crippen MR) is 123 cm³/mol. The van der Waals surface area contributed by atoms with Crippen LogP contribution in [0.25, 0.3) is 0 Å². The maximum atomic E-state index is 13.1. The van der Waals surface area contributed by atoms with Crippen LogP contribution in [-0.2, 0) is 4.79 Å². The fourth-order valence-electron chi connectivity index (χ4n) is 4.53. The zero-order valence-electron chi connectivity index (χ0n) is 19.0. The second kappa shape index (κ2) is 9.47. The third kappa shape index (κ3) is 5.13. The Labute approximate surface area is 188 Å². The normalized spacial score (nSPS) is 17.2. The number of hydrogen-bond acceptors (Lipinski definition) is 5. The molecule has 1 aliphatic carbocycles. The second-order valence-corrected chi connectivity index (χ2v) is 8.95. The van der Waals surface area contributed by atoms with E-state index in [0.717, 1.165) is 18.4 Å². The first-order chi connectivity index (χ1) is 15.1. The summed E-state index contributed by atoms with van der Waals surface area (Å²) in [5.41, 5.74) is 2.24. The van der Waals surface area contributed by atoms with E-state index in [4.69, 9.17) is 4.74 Å². The van der Waals surface area contributed by atoms with Crippen LogP contribution in [0, 0.1) is 22.0 Å². The number of nitrogens with zero attached hydrogens (tertiary/aromatic N) is 1. The number of nitro groups is 1. The molecule has 0 saturated heterocycles. The quantitative estimate of drug-likeness (QED) is 0.160. The number of nitro benzene ring substituents is 1. The van der Waals surface area contributed by atoms with Gasteiger partial charge < -0.3 is 4.74 Å². The van der Waals surface area contributed by atoms with Crippen molar-refractivity contribution >= 4 is 17.3 Å². The highest BCUT2D eigenvalue weighted by molar-refractivity contribution is 6.10. The minimum atomic E-state index is -0.724. The lowest BCUT2D eigenvalue weighted by molar-refractivity contribution is -0.384. The SMILES string of the molecule is CC(=O)C(CC1=C(C)CCC1C(C)(C)Oc1ccc([N+](=O)[O-])cc1)C(=O)c1ccccc1. The summed E-state index contributed by atoms with van der Waals surface area (Å²) in [6.45, 7) is 7.50. The maximum Gasteiger partial charge on any atom is 0.269 e. The summed E-state index contributed by atoms with van der Waals surface area (Å²) in [4.78, 5) is 36.0. The van der Waals surface area contributed by atoms with Gasteiger partial charge in [0.2, 0.25) is 0 Å². The van der Waals surface area contributed by atoms with Gasteiger partial charge >= 0.3 is 0 Å². The number of benzene rings is 2. The highest BCUT2D eigenvalue weighted by atomic mass is 16.6. The Hall–Kier alpha value is -3.28. The third-order valence-corrected chi connectivity index (χ3v) is 6.33. The van der Waals surface area contributed by atoms with Crippen molar-refractivity contribution in [2.24, 2.45) is 11.8 Å². The Morgan fingerprint density at radius 1 is 1.12 bits per heavy atom. The molecule has 2 atom stereocenters. The Morgan fingerprint density at radius 3 is 2.31 bits per heavy atom. The molecule has 0 heterocycles. The van der Waals surface area contributed by atoms with Gasteiger partial charge in [-0.15, -0.1) is 0 Å². The van der Waals surface area contributed by atoms with Crippen molar-refractivity contribution in [1.82, 2.24) is 0 Å². The standard InChI is InChI=1S/C26H29NO5/c1-17-10-15-24(26(3,4)32-21-13-11-20(12-14-21)27(30)31)22(17)16-23(18(2)28)25(29)19-8-6-5-7-9-19/h5-9,11-14,23-24H,10,15-16H2,1-4H3. The summed E-state index contributed by atoms with van der Waals surface area (Å²) in [6, 6.07) is 15.0. The molecule has 168 valence electrons. The molecule has 2 aromatic carbocycles. The van der Waals surface area contributed by atoms with Crippen molar-refractivity contribution < 1.29 is 19.2 Å². The summed E-state index contributed by atoms with van der Waals surface area (Å²) in [7, 11) is 0. The molecular weight excluding hydrogens is 406 g/mol. The molecule has 0 amide bonds. The second-order valence-electron chi connectivity index (χ2n) is 8.95. The summed E-state index contributed by atoms with van der Waals surface area (Å²) in [5.74, 6) is -0.439. The molecule has 0 spiro atoms. The molecule has 0 saturated carbocycles. The minimum absolute atomic E-state index is 0.0103. The molecule has 0 bridgehead atoms. The minimum Gasteiger partial charge on any atom is -0.487 e. The number of carbonyl (C=O) groups excluding carboxylic acids is 2. The van der Waals surface area contributed by atoms with Gasteiger partial charge in [0.15, 0.2) is 5.78 Å². The average Bonchev–Trinajstić information content (AvgIpc) is 3.13. The molecule has 2 unspecified atom stereocenters. The molecule has 2 aromatic rings. The number of allylic oxidation sites excluding steroid dienone is 1. The average molecular weight is 436 g/mol. The van der Waals surface area contributed by atoms with E-state index in [1.807, 2.05) is 19.9 Å². The zero-order chi connectivity index (χ0) is 23.5. The molecular formula is C26H29NO5. The number of Topliss-reactive ketones (excluding diaryl/α,β-unsaturated/α-hetero) is 2. The summed E-state index contributed by atoms with van der Waals surface area (Å²) >= 11 is 0. The molecule has 3 rings (SSSR count). The van der Waals surface area contributed by atoms with Crippen LogP contribution in [0.15, 0.2) is 65.7 Å². The third-order valence-electron chi connectivity index (χ3n) is 6.33. The molecule has 6 heteroatoms. The molecule has 0 aromatic heterocycles. The van der Waals surface area contributed by atoms with E-state index in [0.29, 0.717) is 17.7 Å². The van der Waals surface area contributed by atoms with E-state index >= 15 is 0 Å². The number of non-ortho nitro benzene ring substituents is 1. The van der Waals surface area contributed by atoms with Gasteiger partial charge in [-0.1, -0.05) is 41.5 Å². The van der Waals surface area contributed by atoms with Gasteiger partial charge in [-0.3, -0.25) is 19.7 Å². The van der Waals surface area contributed by atoms with Gasteiger partial charge in [0.05, 0.1) is 10.8 Å². The molecule has 1 aliphatic rings. The van der Waals surface area contributed by atoms with Crippen LogP contribution in [0.4, 0.5) is 5.69 Å². The van der Waals surface area contributed by atoms with Crippen LogP contribution in [0.2, 0.25) is 0 Å². The van der Waals surface area contributed by atoms with Gasteiger partial charge in [0, 0.05) is 23.6 Å². The fraction of sp³-hybridized carbons (Fsp3) is 0.385. The first-order valence-corrected chi connectivity index (χ1v) is 10.8. The number of ketones is 2. The summed E-state index contributed by atoms with van der Waals surface area (Å²) in [5, 5.41) is 10.9. The van der Waals surface area contributed by atoms with Gasteiger partial charge in [0.25, 0.3) is 5.69 Å². The van der Waals surface area contributed by atoms with Gasteiger partial charge in [-0.2, -0.15) is 0 Å². The van der Waals surface area contributed by atoms with E-state index in [1.54, 1.807) is 36.4 Å². The van der Waals surface area contributed by atoms with Crippen molar-refractivity contribution in [2.75, 3.05) is 0 Å². The van der Waals surface area contributed by atoms with Crippen LogP contribution in [-0.4, -0.2) is 22.1 Å². The fourth-order valence-corrected chi connectivity index (χ4v) is 4.53. The van der Waals surface area contributed by atoms with E-state index in [9.17, 15) is 19.7 Å². The number of hydrogen-bond donors (Lipinski definition) is 0. The predicted octanol–water partition coefficient (Wildman–Crippen LogP) is 5.96. The molecule has 0 radical (unpaired) electrons. The van der Waals surface area contributed by atoms with Gasteiger partial charge in [-0.05, 0) is 59.1 Å². The van der Waals surface area contributed by atoms with Gasteiger partial charge in [0.1, 0.15) is 17.1 Å². The smallest absolute Gasteiger partial charge is 0.269 e. The van der Waals surface area contributed by atoms with Crippen molar-refractivity contribution in [3.05, 3.63) is 81.4 Å². The highest BCUT2D eigenvalue weighted by Crippen LogP contribution is 2.44. The summed E-state index contributed by atoms with van der Waals surface area (Å²) < 4.78 is 6.26. The Balaban J connectivity index is 1.82. The van der Waals surface area contributed by atoms with Crippen molar-refractivity contribution in [3.63, 3.8) is 0 Å². The van der Waals surface area contributed by atoms with E-state index in [2.05, 4.69) is 6.92 Å². The Bertz CT molecular complexity index is 1040. The molecule has 0 aliphatic heterocycles. The molecule has 6 nitrogen and oxygen atoms in total. The first-order valence-electron chi connectivity index (χ1n) is 10.8. The molecule has 0 N–H and O–H groups in total. The van der Waals surface area contributed by atoms with Crippen LogP contribution in [0.3, 0.4) is 0 Å². The number of ether oxygens (including phenoxy) is 1. The molecule has 0 fully saturated rings. The van der Waals surface area contributed by atoms with Crippen molar-refractivity contribution in [2.45, 2.75) is 52.6 Å². The topological polar surface area (TPSA) is 86.5 Å². The lowest BCUT2D eigenvalue weighted by Crippen LogP contribution is -2.38. The Morgan fingerprint density at radius 2 is 1.75 bits per heavy atom. The zero-order valence-corrected chi connectivity index (χ0v) is 19.0. The van der Waals surface area contributed by atoms with Crippen molar-refractivity contribution in [1.29, 1.82) is 0 Å². The van der Waals surface area contributed by atoms with Crippen molar-refractivity contribution in [3.8, 4) is 5.75 Å². The monoisotopic (exact) mass is 435 g/mol. The van der Waals surface area contributed by atoms with E-state index in [-0.39, 0.29) is 23.2 Å². The Kier molecular flexibility index (Phi) is 6.92. The lowest BCUT2D eigenvalue weighted by Gasteiger charge is -2.35. The van der Waals surface area contributed by atoms with E-state index in [1.165, 1.54) is 24.6 Å². The van der Waals surface area contributed by atoms with Crippen LogP contribution in [0.1, 0.15) is 57.3 Å². The van der Waals surface area contributed by atoms with Crippen LogP contribution < -0.4 is 4.74 Å².